The van der Waals surface area contributed by atoms with Gasteiger partial charge in [-0.25, -0.2) is 4.79 Å². The smallest absolute Gasteiger partial charge is 0.411 e. The van der Waals surface area contributed by atoms with E-state index in [0.717, 1.165) is 18.4 Å². The fourth-order valence-corrected chi connectivity index (χ4v) is 1.18. The molecule has 0 aliphatic rings. The molecule has 1 rings (SSSR count). The average Bonchev–Trinajstić information content (AvgIpc) is 2.24. The van der Waals surface area contributed by atoms with Crippen LogP contribution in [0.15, 0.2) is 18.2 Å². The van der Waals surface area contributed by atoms with Gasteiger partial charge in [0.15, 0.2) is 0 Å². The molecule has 0 atom stereocenters. The Morgan fingerprint density at radius 2 is 2.25 bits per heavy atom. The SMILES string of the molecule is CCCCOC(=O)Nc1ccc(C)c(N)c1. The lowest BCUT2D eigenvalue weighted by Gasteiger charge is -2.08. The normalized spacial score (nSPS) is 9.88. The molecule has 0 bridgehead atoms. The van der Waals surface area contributed by atoms with E-state index in [1.165, 1.54) is 0 Å². The first-order valence-electron chi connectivity index (χ1n) is 5.43. The summed E-state index contributed by atoms with van der Waals surface area (Å²) in [5.41, 5.74) is 8.03. The maximum atomic E-state index is 11.3. The van der Waals surface area contributed by atoms with Gasteiger partial charge in [-0.15, -0.1) is 0 Å². The van der Waals surface area contributed by atoms with Crippen LogP contribution in [0.3, 0.4) is 0 Å². The molecule has 0 aliphatic heterocycles. The zero-order chi connectivity index (χ0) is 12.0. The largest absolute Gasteiger partial charge is 0.449 e. The number of benzene rings is 1. The molecule has 0 heterocycles. The average molecular weight is 222 g/mol. The van der Waals surface area contributed by atoms with E-state index >= 15 is 0 Å². The van der Waals surface area contributed by atoms with Crippen molar-refractivity contribution in [1.82, 2.24) is 0 Å². The second-order valence-electron chi connectivity index (χ2n) is 3.69. The number of nitrogens with one attached hydrogen (secondary N) is 1. The molecule has 0 spiro atoms. The topological polar surface area (TPSA) is 64.3 Å². The number of aryl methyl sites for hydroxylation is 1. The lowest BCUT2D eigenvalue weighted by molar-refractivity contribution is 0.160. The van der Waals surface area contributed by atoms with Crippen molar-refractivity contribution in [2.75, 3.05) is 17.7 Å². The first kappa shape index (κ1) is 12.4. The number of carbonyl (C=O) groups excluding carboxylic acids is 1. The van der Waals surface area contributed by atoms with Crippen molar-refractivity contribution in [2.24, 2.45) is 0 Å². The molecule has 1 amide bonds. The van der Waals surface area contributed by atoms with Crippen molar-refractivity contribution in [3.05, 3.63) is 23.8 Å². The minimum atomic E-state index is -0.434. The molecule has 0 fully saturated rings. The van der Waals surface area contributed by atoms with Crippen molar-refractivity contribution in [2.45, 2.75) is 26.7 Å². The standard InChI is InChI=1S/C12H18N2O2/c1-3-4-7-16-12(15)14-10-6-5-9(2)11(13)8-10/h5-6,8H,3-4,7,13H2,1-2H3,(H,14,15). The molecule has 1 aromatic carbocycles. The summed E-state index contributed by atoms with van der Waals surface area (Å²) in [4.78, 5) is 11.3. The van der Waals surface area contributed by atoms with Crippen LogP contribution in [0.4, 0.5) is 16.2 Å². The van der Waals surface area contributed by atoms with Crippen LogP contribution >= 0.6 is 0 Å². The maximum Gasteiger partial charge on any atom is 0.411 e. The third-order valence-electron chi connectivity index (χ3n) is 2.26. The summed E-state index contributed by atoms with van der Waals surface area (Å²) >= 11 is 0. The second kappa shape index (κ2) is 6.00. The highest BCUT2D eigenvalue weighted by molar-refractivity contribution is 5.85. The molecule has 3 N–H and O–H groups in total. The molecule has 88 valence electrons. The Bertz CT molecular complexity index is 364. The molecular weight excluding hydrogens is 204 g/mol. The van der Waals surface area contributed by atoms with Crippen molar-refractivity contribution >= 4 is 17.5 Å². The van der Waals surface area contributed by atoms with E-state index in [0.29, 0.717) is 18.0 Å². The Hall–Kier alpha value is -1.71. The fourth-order valence-electron chi connectivity index (χ4n) is 1.18. The molecule has 0 aromatic heterocycles. The van der Waals surface area contributed by atoms with Gasteiger partial charge in [-0.1, -0.05) is 19.4 Å². The number of nitrogen functional groups attached to an aromatic ring is 1. The Labute approximate surface area is 95.8 Å². The van der Waals surface area contributed by atoms with Crippen LogP contribution in [0, 0.1) is 6.92 Å². The van der Waals surface area contributed by atoms with Crippen LogP contribution in [0.25, 0.3) is 0 Å². The molecule has 4 heteroatoms. The van der Waals surface area contributed by atoms with Crippen molar-refractivity contribution in [3.8, 4) is 0 Å². The van der Waals surface area contributed by atoms with E-state index in [2.05, 4.69) is 5.32 Å². The third kappa shape index (κ3) is 3.81. The molecule has 0 saturated heterocycles. The molecule has 1 aromatic rings. The number of amides is 1. The van der Waals surface area contributed by atoms with Crippen molar-refractivity contribution in [1.29, 1.82) is 0 Å². The van der Waals surface area contributed by atoms with Crippen LogP contribution in [0.2, 0.25) is 0 Å². The summed E-state index contributed by atoms with van der Waals surface area (Å²) < 4.78 is 4.97. The number of anilines is 2. The molecule has 0 saturated carbocycles. The maximum absolute atomic E-state index is 11.3. The molecule has 0 unspecified atom stereocenters. The van der Waals surface area contributed by atoms with E-state index in [1.54, 1.807) is 12.1 Å². The van der Waals surface area contributed by atoms with Crippen LogP contribution in [-0.4, -0.2) is 12.7 Å². The van der Waals surface area contributed by atoms with Gasteiger partial charge >= 0.3 is 6.09 Å². The van der Waals surface area contributed by atoms with E-state index in [-0.39, 0.29) is 0 Å². The third-order valence-corrected chi connectivity index (χ3v) is 2.26. The first-order chi connectivity index (χ1) is 7.63. The number of hydrogen-bond acceptors (Lipinski definition) is 3. The predicted octanol–water partition coefficient (Wildman–Crippen LogP) is 2.93. The number of carbonyl (C=O) groups is 1. The Kier molecular flexibility index (Phi) is 4.64. The highest BCUT2D eigenvalue weighted by Gasteiger charge is 2.03. The summed E-state index contributed by atoms with van der Waals surface area (Å²) in [7, 11) is 0. The zero-order valence-electron chi connectivity index (χ0n) is 9.75. The number of ether oxygens (including phenoxy) is 1. The van der Waals surface area contributed by atoms with Gasteiger partial charge in [0.05, 0.1) is 6.61 Å². The molecule has 16 heavy (non-hydrogen) atoms. The van der Waals surface area contributed by atoms with Gasteiger partial charge in [0, 0.05) is 11.4 Å². The molecular formula is C12H18N2O2. The summed E-state index contributed by atoms with van der Waals surface area (Å²) in [5.74, 6) is 0. The van der Waals surface area contributed by atoms with Crippen LogP contribution in [0.1, 0.15) is 25.3 Å². The first-order valence-corrected chi connectivity index (χ1v) is 5.43. The van der Waals surface area contributed by atoms with Crippen LogP contribution < -0.4 is 11.1 Å². The number of unbranched alkanes of at least 4 members (excludes halogenated alkanes) is 1. The minimum Gasteiger partial charge on any atom is -0.449 e. The lowest BCUT2D eigenvalue weighted by Crippen LogP contribution is -2.14. The lowest BCUT2D eigenvalue weighted by atomic mass is 10.2. The number of rotatable bonds is 4. The van der Waals surface area contributed by atoms with Gasteiger partial charge in [0.25, 0.3) is 0 Å². The van der Waals surface area contributed by atoms with Gasteiger partial charge in [0.2, 0.25) is 0 Å². The Morgan fingerprint density at radius 1 is 1.50 bits per heavy atom. The van der Waals surface area contributed by atoms with Gasteiger partial charge < -0.3 is 10.5 Å². The summed E-state index contributed by atoms with van der Waals surface area (Å²) in [6, 6.07) is 5.38. The van der Waals surface area contributed by atoms with Crippen LogP contribution in [-0.2, 0) is 4.74 Å². The van der Waals surface area contributed by atoms with E-state index in [1.807, 2.05) is 19.9 Å². The van der Waals surface area contributed by atoms with Gasteiger partial charge in [-0.3, -0.25) is 5.32 Å². The van der Waals surface area contributed by atoms with E-state index in [9.17, 15) is 4.79 Å². The van der Waals surface area contributed by atoms with Gasteiger partial charge in [0.1, 0.15) is 0 Å². The fraction of sp³-hybridized carbons (Fsp3) is 0.417. The zero-order valence-corrected chi connectivity index (χ0v) is 9.75. The van der Waals surface area contributed by atoms with Crippen LogP contribution in [0.5, 0.6) is 0 Å². The Morgan fingerprint density at radius 3 is 2.88 bits per heavy atom. The quantitative estimate of drug-likeness (QED) is 0.608. The van der Waals surface area contributed by atoms with Gasteiger partial charge in [-0.2, -0.15) is 0 Å². The Balaban J connectivity index is 2.46. The van der Waals surface area contributed by atoms with Gasteiger partial charge in [-0.05, 0) is 31.0 Å². The van der Waals surface area contributed by atoms with E-state index < -0.39 is 6.09 Å². The molecule has 0 radical (unpaired) electrons. The summed E-state index contributed by atoms with van der Waals surface area (Å²) in [6.45, 7) is 4.41. The summed E-state index contributed by atoms with van der Waals surface area (Å²) in [5, 5.41) is 2.63. The molecule has 0 aliphatic carbocycles. The minimum absolute atomic E-state index is 0.434. The van der Waals surface area contributed by atoms with Crippen molar-refractivity contribution in [3.63, 3.8) is 0 Å². The second-order valence-corrected chi connectivity index (χ2v) is 3.69. The predicted molar refractivity (Wildman–Crippen MR) is 65.5 cm³/mol. The summed E-state index contributed by atoms with van der Waals surface area (Å²) in [6.07, 6.45) is 1.45. The highest BCUT2D eigenvalue weighted by atomic mass is 16.5. The van der Waals surface area contributed by atoms with Crippen molar-refractivity contribution < 1.29 is 9.53 Å². The monoisotopic (exact) mass is 222 g/mol. The van der Waals surface area contributed by atoms with E-state index in [4.69, 9.17) is 10.5 Å². The molecule has 4 nitrogen and oxygen atoms in total. The number of nitrogens with two attached hydrogens (primary N) is 1. The highest BCUT2D eigenvalue weighted by Crippen LogP contribution is 2.16. The number of hydrogen-bond donors (Lipinski definition) is 2.